The number of amides is 1. The van der Waals surface area contributed by atoms with Crippen LogP contribution in [0, 0.1) is 0 Å². The number of ether oxygens (including phenoxy) is 2. The number of rotatable bonds is 9. The van der Waals surface area contributed by atoms with Gasteiger partial charge in [0.1, 0.15) is 23.9 Å². The van der Waals surface area contributed by atoms with E-state index in [1.54, 1.807) is 13.2 Å². The molecule has 2 aliphatic heterocycles. The molecule has 6 heteroatoms. The van der Waals surface area contributed by atoms with E-state index in [9.17, 15) is 9.90 Å². The lowest BCUT2D eigenvalue weighted by Crippen LogP contribution is -2.30. The molecule has 0 aromatic heterocycles. The van der Waals surface area contributed by atoms with Gasteiger partial charge in [-0.2, -0.15) is 0 Å². The van der Waals surface area contributed by atoms with Gasteiger partial charge in [-0.1, -0.05) is 30.3 Å². The Morgan fingerprint density at radius 2 is 1.78 bits per heavy atom. The zero-order valence-corrected chi connectivity index (χ0v) is 20.8. The third-order valence-corrected chi connectivity index (χ3v) is 7.13. The van der Waals surface area contributed by atoms with E-state index in [0.717, 1.165) is 60.7 Å². The fraction of sp³-hybridized carbons (Fsp3) is 0.367. The maximum atomic E-state index is 11.4. The summed E-state index contributed by atoms with van der Waals surface area (Å²) in [4.78, 5) is 13.9. The SMILES string of the molecule is COc1cc(Cc2ccc(O)cc2-c2ccc(OCC3CCC(=O)N3)cc2)ccc1CN1CCCC1. The molecule has 36 heavy (non-hydrogen) atoms. The normalized spacial score (nSPS) is 17.8. The highest BCUT2D eigenvalue weighted by atomic mass is 16.5. The molecule has 2 aliphatic rings. The lowest BCUT2D eigenvalue weighted by Gasteiger charge is -2.18. The van der Waals surface area contributed by atoms with Crippen LogP contribution in [-0.2, 0) is 17.8 Å². The van der Waals surface area contributed by atoms with E-state index in [0.29, 0.717) is 13.0 Å². The molecule has 0 spiro atoms. The van der Waals surface area contributed by atoms with E-state index in [2.05, 4.69) is 28.4 Å². The number of phenolic OH excluding ortho intramolecular Hbond substituents is 1. The molecule has 0 aliphatic carbocycles. The maximum absolute atomic E-state index is 11.4. The van der Waals surface area contributed by atoms with Crippen LogP contribution in [0.4, 0.5) is 0 Å². The molecule has 3 aromatic rings. The summed E-state index contributed by atoms with van der Waals surface area (Å²) in [5.41, 5.74) is 5.53. The number of phenols is 1. The van der Waals surface area contributed by atoms with Crippen LogP contribution < -0.4 is 14.8 Å². The van der Waals surface area contributed by atoms with Crippen LogP contribution >= 0.6 is 0 Å². The number of benzene rings is 3. The predicted molar refractivity (Wildman–Crippen MR) is 141 cm³/mol. The minimum atomic E-state index is 0.0774. The molecule has 2 heterocycles. The number of nitrogens with zero attached hydrogens (tertiary/aromatic N) is 1. The Labute approximate surface area is 212 Å². The number of nitrogens with one attached hydrogen (secondary N) is 1. The second-order valence-corrected chi connectivity index (χ2v) is 9.79. The summed E-state index contributed by atoms with van der Waals surface area (Å²) in [6.07, 6.45) is 4.66. The van der Waals surface area contributed by atoms with Crippen LogP contribution in [-0.4, -0.2) is 48.8 Å². The van der Waals surface area contributed by atoms with Gasteiger partial charge in [0.15, 0.2) is 0 Å². The number of carbonyl (C=O) groups excluding carboxylic acids is 1. The lowest BCUT2D eigenvalue weighted by atomic mass is 9.94. The van der Waals surface area contributed by atoms with Gasteiger partial charge in [0.2, 0.25) is 5.91 Å². The Balaban J connectivity index is 1.31. The summed E-state index contributed by atoms with van der Waals surface area (Å²) < 4.78 is 11.6. The largest absolute Gasteiger partial charge is 0.508 e. The van der Waals surface area contributed by atoms with Gasteiger partial charge in [-0.05, 0) is 91.4 Å². The van der Waals surface area contributed by atoms with Crippen molar-refractivity contribution in [1.82, 2.24) is 10.2 Å². The number of carbonyl (C=O) groups is 1. The fourth-order valence-electron chi connectivity index (χ4n) is 5.15. The van der Waals surface area contributed by atoms with Gasteiger partial charge in [0.25, 0.3) is 0 Å². The molecule has 2 saturated heterocycles. The van der Waals surface area contributed by atoms with Crippen LogP contribution in [0.2, 0.25) is 0 Å². The average molecular weight is 487 g/mol. The lowest BCUT2D eigenvalue weighted by molar-refractivity contribution is -0.119. The molecule has 0 bridgehead atoms. The Hall–Kier alpha value is -3.51. The van der Waals surface area contributed by atoms with Crippen LogP contribution in [0.25, 0.3) is 11.1 Å². The van der Waals surface area contributed by atoms with Crippen molar-refractivity contribution >= 4 is 5.91 Å². The molecule has 1 unspecified atom stereocenters. The van der Waals surface area contributed by atoms with Crippen molar-refractivity contribution < 1.29 is 19.4 Å². The average Bonchev–Trinajstić information content (AvgIpc) is 3.56. The molecule has 2 fully saturated rings. The van der Waals surface area contributed by atoms with E-state index < -0.39 is 0 Å². The second-order valence-electron chi connectivity index (χ2n) is 9.79. The quantitative estimate of drug-likeness (QED) is 0.450. The van der Waals surface area contributed by atoms with E-state index >= 15 is 0 Å². The summed E-state index contributed by atoms with van der Waals surface area (Å²) in [5.74, 6) is 2.03. The predicted octanol–water partition coefficient (Wildman–Crippen LogP) is 4.91. The molecule has 6 nitrogen and oxygen atoms in total. The Morgan fingerprint density at radius 3 is 2.50 bits per heavy atom. The monoisotopic (exact) mass is 486 g/mol. The summed E-state index contributed by atoms with van der Waals surface area (Å²) in [6.45, 7) is 3.71. The van der Waals surface area contributed by atoms with Crippen LogP contribution in [0.1, 0.15) is 42.4 Å². The van der Waals surface area contributed by atoms with Crippen molar-refractivity contribution in [2.24, 2.45) is 0 Å². The van der Waals surface area contributed by atoms with E-state index in [4.69, 9.17) is 9.47 Å². The molecular formula is C30H34N2O4. The number of aromatic hydroxyl groups is 1. The van der Waals surface area contributed by atoms with Crippen LogP contribution in [0.3, 0.4) is 0 Å². The van der Waals surface area contributed by atoms with Gasteiger partial charge in [0.05, 0.1) is 13.2 Å². The molecule has 2 N–H and O–H groups in total. The first kappa shape index (κ1) is 24.2. The van der Waals surface area contributed by atoms with Crippen LogP contribution in [0.15, 0.2) is 60.7 Å². The van der Waals surface area contributed by atoms with E-state index in [1.807, 2.05) is 36.4 Å². The first-order valence-electron chi connectivity index (χ1n) is 12.8. The Bertz CT molecular complexity index is 1200. The first-order chi connectivity index (χ1) is 17.6. The van der Waals surface area contributed by atoms with Gasteiger partial charge in [0, 0.05) is 18.5 Å². The van der Waals surface area contributed by atoms with Crippen molar-refractivity contribution in [3.63, 3.8) is 0 Å². The van der Waals surface area contributed by atoms with Gasteiger partial charge in [-0.15, -0.1) is 0 Å². The molecule has 188 valence electrons. The third-order valence-electron chi connectivity index (χ3n) is 7.13. The van der Waals surface area contributed by atoms with Gasteiger partial charge in [-0.25, -0.2) is 0 Å². The van der Waals surface area contributed by atoms with Gasteiger partial charge in [-0.3, -0.25) is 9.69 Å². The molecular weight excluding hydrogens is 452 g/mol. The summed E-state index contributed by atoms with van der Waals surface area (Å²) in [5, 5.41) is 13.1. The Kier molecular flexibility index (Phi) is 7.42. The number of likely N-dealkylation sites (tertiary alicyclic amines) is 1. The summed E-state index contributed by atoms with van der Waals surface area (Å²) in [7, 11) is 1.74. The van der Waals surface area contributed by atoms with Crippen molar-refractivity contribution in [1.29, 1.82) is 0 Å². The topological polar surface area (TPSA) is 71.0 Å². The molecule has 5 rings (SSSR count). The zero-order valence-electron chi connectivity index (χ0n) is 20.8. The zero-order chi connectivity index (χ0) is 24.9. The third kappa shape index (κ3) is 5.82. The summed E-state index contributed by atoms with van der Waals surface area (Å²) >= 11 is 0. The van der Waals surface area contributed by atoms with Gasteiger partial charge >= 0.3 is 0 Å². The highest BCUT2D eigenvalue weighted by Crippen LogP contribution is 2.32. The van der Waals surface area contributed by atoms with Crippen molar-refractivity contribution in [2.75, 3.05) is 26.8 Å². The van der Waals surface area contributed by atoms with E-state index in [-0.39, 0.29) is 17.7 Å². The maximum Gasteiger partial charge on any atom is 0.220 e. The minimum Gasteiger partial charge on any atom is -0.508 e. The first-order valence-corrected chi connectivity index (χ1v) is 12.8. The minimum absolute atomic E-state index is 0.0774. The molecule has 1 amide bonds. The standard InChI is InChI=1S/C30H34N2O4/c1-35-29-17-21(4-5-24(29)19-32-14-2-3-15-32)16-23-6-10-26(33)18-28(23)22-7-11-27(12-8-22)36-20-25-9-13-30(34)31-25/h4-8,10-12,17-18,25,33H,2-3,9,13-16,19-20H2,1H3,(H,31,34). The van der Waals surface area contributed by atoms with Crippen molar-refractivity contribution in [3.05, 3.63) is 77.4 Å². The highest BCUT2D eigenvalue weighted by molar-refractivity contribution is 5.78. The Morgan fingerprint density at radius 1 is 1.00 bits per heavy atom. The van der Waals surface area contributed by atoms with Crippen LogP contribution in [0.5, 0.6) is 17.2 Å². The number of methoxy groups -OCH3 is 1. The number of hydrogen-bond donors (Lipinski definition) is 2. The van der Waals surface area contributed by atoms with Crippen molar-refractivity contribution in [2.45, 2.75) is 44.7 Å². The van der Waals surface area contributed by atoms with E-state index in [1.165, 1.54) is 24.0 Å². The van der Waals surface area contributed by atoms with Gasteiger partial charge < -0.3 is 19.9 Å². The molecule has 0 radical (unpaired) electrons. The second kappa shape index (κ2) is 11.0. The molecule has 0 saturated carbocycles. The fourth-order valence-corrected chi connectivity index (χ4v) is 5.15. The number of hydrogen-bond acceptors (Lipinski definition) is 5. The molecule has 3 aromatic carbocycles. The highest BCUT2D eigenvalue weighted by Gasteiger charge is 2.21. The van der Waals surface area contributed by atoms with Crippen molar-refractivity contribution in [3.8, 4) is 28.4 Å². The summed E-state index contributed by atoms with van der Waals surface area (Å²) in [6, 6.07) is 20.0. The smallest absolute Gasteiger partial charge is 0.220 e. The molecule has 1 atom stereocenters.